The van der Waals surface area contributed by atoms with E-state index >= 15 is 0 Å². The molecule has 0 spiro atoms. The number of piperidine rings is 1. The Morgan fingerprint density at radius 2 is 1.52 bits per heavy atom. The van der Waals surface area contributed by atoms with Gasteiger partial charge in [-0.15, -0.1) is 0 Å². The molecule has 5 N–H and O–H groups in total. The minimum absolute atomic E-state index is 0.000249. The van der Waals surface area contributed by atoms with Gasteiger partial charge in [0.05, 0.1) is 12.1 Å². The number of hydrogen-bond acceptors (Lipinski definition) is 7. The van der Waals surface area contributed by atoms with Gasteiger partial charge in [0.15, 0.2) is 0 Å². The largest absolute Gasteiger partial charge is 0.363 e. The topological polar surface area (TPSA) is 188 Å². The molecule has 1 aliphatic carbocycles. The quantitative estimate of drug-likeness (QED) is 0.181. The van der Waals surface area contributed by atoms with Crippen LogP contribution in [0.1, 0.15) is 114 Å². The zero-order chi connectivity index (χ0) is 36.4. The first-order valence-electron chi connectivity index (χ1n) is 17.4. The summed E-state index contributed by atoms with van der Waals surface area (Å²) in [5.41, 5.74) is 3.55. The Labute approximate surface area is 285 Å². The molecule has 2 heterocycles. The standard InChI is InChI=1S/C35H58N6O7/c1-10-11-15-22(27(44)29(36)45)37-30(46)26-21-14-12-13-20(21)18-41(26)31(47)28(34(5,6)7)39-32(48)38-23(33(2,3)4)19-40-24(42)16-35(8,9)17-25(40)43/h20-23,26,28H,10-19H2,1-9H3,(H2,36,45)(H,37,46)(H2,38,39,48)/t20-,21-,22?,23+,26-,28+/m0/s1. The first kappa shape index (κ1) is 38.9. The number of hydrogen-bond donors (Lipinski definition) is 4. The molecule has 0 aromatic heterocycles. The van der Waals surface area contributed by atoms with Crippen LogP contribution in [-0.2, 0) is 28.8 Å². The number of unbranched alkanes of at least 4 members (excludes halogenated alkanes) is 1. The molecule has 3 rings (SSSR count). The van der Waals surface area contributed by atoms with Crippen LogP contribution in [0.2, 0.25) is 0 Å². The molecule has 48 heavy (non-hydrogen) atoms. The fourth-order valence-corrected chi connectivity index (χ4v) is 7.25. The highest BCUT2D eigenvalue weighted by Gasteiger charge is 2.52. The van der Waals surface area contributed by atoms with E-state index < -0.39 is 69.9 Å². The number of nitrogens with zero attached hydrogens (tertiary/aromatic N) is 2. The van der Waals surface area contributed by atoms with Gasteiger partial charge in [-0.3, -0.25) is 33.7 Å². The molecule has 2 saturated heterocycles. The Hall–Kier alpha value is -3.51. The van der Waals surface area contributed by atoms with E-state index in [0.29, 0.717) is 13.0 Å². The number of ketones is 1. The number of rotatable bonds is 12. The van der Waals surface area contributed by atoms with Crippen LogP contribution in [0.3, 0.4) is 0 Å². The van der Waals surface area contributed by atoms with Gasteiger partial charge >= 0.3 is 6.03 Å². The zero-order valence-corrected chi connectivity index (χ0v) is 30.4. The molecule has 0 aromatic carbocycles. The first-order chi connectivity index (χ1) is 22.1. The lowest BCUT2D eigenvalue weighted by Gasteiger charge is -2.40. The van der Waals surface area contributed by atoms with E-state index in [1.165, 1.54) is 9.80 Å². The van der Waals surface area contributed by atoms with Gasteiger partial charge in [-0.25, -0.2) is 4.79 Å². The summed E-state index contributed by atoms with van der Waals surface area (Å²) < 4.78 is 0. The normalized spacial score (nSPS) is 24.4. The van der Waals surface area contributed by atoms with Crippen molar-refractivity contribution in [3.05, 3.63) is 0 Å². The smallest absolute Gasteiger partial charge is 0.315 e. The van der Waals surface area contributed by atoms with Gasteiger partial charge in [0.1, 0.15) is 12.1 Å². The number of imide groups is 1. The van der Waals surface area contributed by atoms with E-state index in [2.05, 4.69) is 16.0 Å². The average molecular weight is 675 g/mol. The Balaban J connectivity index is 1.83. The molecule has 0 bridgehead atoms. The van der Waals surface area contributed by atoms with Crippen LogP contribution >= 0.6 is 0 Å². The number of amides is 7. The van der Waals surface area contributed by atoms with Gasteiger partial charge in [0.25, 0.3) is 5.91 Å². The molecule has 13 nitrogen and oxygen atoms in total. The molecule has 0 aromatic rings. The third kappa shape index (κ3) is 9.34. The summed E-state index contributed by atoms with van der Waals surface area (Å²) >= 11 is 0. The van der Waals surface area contributed by atoms with Crippen LogP contribution in [-0.4, -0.2) is 88.4 Å². The highest BCUT2D eigenvalue weighted by Crippen LogP contribution is 2.43. The third-order valence-corrected chi connectivity index (χ3v) is 10.1. The van der Waals surface area contributed by atoms with E-state index in [0.717, 1.165) is 25.7 Å². The van der Waals surface area contributed by atoms with Crippen molar-refractivity contribution in [1.29, 1.82) is 0 Å². The van der Waals surface area contributed by atoms with Crippen molar-refractivity contribution in [2.45, 2.75) is 138 Å². The predicted molar refractivity (Wildman–Crippen MR) is 180 cm³/mol. The van der Waals surface area contributed by atoms with E-state index in [9.17, 15) is 33.6 Å². The molecule has 3 aliphatic rings. The number of Topliss-reactive ketones (excluding diaryl/α,β-unsaturated/α-hetero) is 1. The highest BCUT2D eigenvalue weighted by molar-refractivity contribution is 6.37. The molecule has 3 fully saturated rings. The van der Waals surface area contributed by atoms with Crippen molar-refractivity contribution >= 4 is 41.4 Å². The molecule has 1 saturated carbocycles. The monoisotopic (exact) mass is 674 g/mol. The number of urea groups is 1. The molecular weight excluding hydrogens is 616 g/mol. The number of primary amides is 1. The van der Waals surface area contributed by atoms with Crippen molar-refractivity contribution in [2.24, 2.45) is 33.8 Å². The van der Waals surface area contributed by atoms with Crippen molar-refractivity contribution < 1.29 is 33.6 Å². The summed E-state index contributed by atoms with van der Waals surface area (Å²) in [5.74, 6) is -3.51. The van der Waals surface area contributed by atoms with Crippen molar-refractivity contribution in [1.82, 2.24) is 25.8 Å². The maximum atomic E-state index is 14.4. The Morgan fingerprint density at radius 1 is 0.917 bits per heavy atom. The molecule has 13 heteroatoms. The van der Waals surface area contributed by atoms with Crippen LogP contribution in [0, 0.1) is 28.1 Å². The third-order valence-electron chi connectivity index (χ3n) is 10.1. The van der Waals surface area contributed by atoms with Gasteiger partial charge in [-0.05, 0) is 47.3 Å². The van der Waals surface area contributed by atoms with E-state index in [-0.39, 0.29) is 49.5 Å². The Kier molecular flexibility index (Phi) is 12.1. The lowest BCUT2D eigenvalue weighted by Crippen LogP contribution is -2.62. The highest BCUT2D eigenvalue weighted by atomic mass is 16.2. The lowest BCUT2D eigenvalue weighted by molar-refractivity contribution is -0.153. The maximum absolute atomic E-state index is 14.4. The molecule has 2 aliphatic heterocycles. The fourth-order valence-electron chi connectivity index (χ4n) is 7.25. The predicted octanol–water partition coefficient (Wildman–Crippen LogP) is 2.65. The van der Waals surface area contributed by atoms with Gasteiger partial charge in [0, 0.05) is 25.9 Å². The number of fused-ring (bicyclic) bond motifs is 1. The summed E-state index contributed by atoms with van der Waals surface area (Å²) in [6, 6.07) is -4.22. The van der Waals surface area contributed by atoms with Gasteiger partial charge in [-0.1, -0.05) is 81.6 Å². The average Bonchev–Trinajstić information content (AvgIpc) is 3.54. The molecule has 270 valence electrons. The molecule has 0 radical (unpaired) electrons. The van der Waals surface area contributed by atoms with Crippen molar-refractivity contribution in [3.63, 3.8) is 0 Å². The molecule has 7 amide bonds. The minimum Gasteiger partial charge on any atom is -0.363 e. The second-order valence-corrected chi connectivity index (χ2v) is 17.0. The SMILES string of the molecule is CCCCC(NC(=O)[C@@H]1[C@H]2CCC[C@H]2CN1C(=O)[C@@H](NC(=O)N[C@H](CN1C(=O)CC(C)(C)CC1=O)C(C)(C)C)C(C)(C)C)C(=O)C(N)=O. The summed E-state index contributed by atoms with van der Waals surface area (Å²) in [6.45, 7) is 17.2. The van der Waals surface area contributed by atoms with E-state index in [1.807, 2.05) is 62.3 Å². The van der Waals surface area contributed by atoms with Gasteiger partial charge in [-0.2, -0.15) is 0 Å². The van der Waals surface area contributed by atoms with Crippen LogP contribution < -0.4 is 21.7 Å². The Morgan fingerprint density at radius 3 is 2.04 bits per heavy atom. The van der Waals surface area contributed by atoms with Crippen LogP contribution in [0.15, 0.2) is 0 Å². The number of nitrogens with one attached hydrogen (secondary N) is 3. The van der Waals surface area contributed by atoms with Crippen LogP contribution in [0.4, 0.5) is 4.79 Å². The van der Waals surface area contributed by atoms with Gasteiger partial charge < -0.3 is 26.6 Å². The maximum Gasteiger partial charge on any atom is 0.315 e. The Bertz CT molecular complexity index is 1260. The number of carbonyl (C=O) groups excluding carboxylic acids is 7. The second-order valence-electron chi connectivity index (χ2n) is 17.0. The van der Waals surface area contributed by atoms with Crippen LogP contribution in [0.25, 0.3) is 0 Å². The van der Waals surface area contributed by atoms with E-state index in [4.69, 9.17) is 5.73 Å². The number of nitrogens with two attached hydrogens (primary N) is 1. The second kappa shape index (κ2) is 14.9. The summed E-state index contributed by atoms with van der Waals surface area (Å²) in [5, 5.41) is 8.53. The number of likely N-dealkylation sites (tertiary alicyclic amines) is 2. The minimum atomic E-state index is -1.12. The van der Waals surface area contributed by atoms with E-state index in [1.54, 1.807) is 0 Å². The zero-order valence-electron chi connectivity index (χ0n) is 30.4. The summed E-state index contributed by atoms with van der Waals surface area (Å²) in [6.07, 6.45) is 4.56. The van der Waals surface area contributed by atoms with Gasteiger partial charge in [0.2, 0.25) is 29.4 Å². The lowest BCUT2D eigenvalue weighted by atomic mass is 9.80. The van der Waals surface area contributed by atoms with Crippen molar-refractivity contribution in [3.8, 4) is 0 Å². The van der Waals surface area contributed by atoms with Crippen molar-refractivity contribution in [2.75, 3.05) is 13.1 Å². The summed E-state index contributed by atoms with van der Waals surface area (Å²) in [7, 11) is 0. The molecular formula is C35H58N6O7. The fraction of sp³-hybridized carbons (Fsp3) is 0.800. The molecule has 6 atom stereocenters. The van der Waals surface area contributed by atoms with Crippen LogP contribution in [0.5, 0.6) is 0 Å². The summed E-state index contributed by atoms with van der Waals surface area (Å²) in [4.78, 5) is 94.8. The molecule has 1 unspecified atom stereocenters. The first-order valence-corrected chi connectivity index (χ1v) is 17.4. The number of carbonyl (C=O) groups is 7.